The number of para-hydroxylation sites is 2. The molecule has 2 heterocycles. The number of anilines is 1. The Balaban J connectivity index is 1.33. The molecule has 1 aliphatic rings. The zero-order valence-corrected chi connectivity index (χ0v) is 15.9. The molecule has 0 unspecified atom stereocenters. The largest absolute Gasteiger partial charge is 0.467 e. The number of amides is 2. The maximum absolute atomic E-state index is 13.7. The van der Waals surface area contributed by atoms with Gasteiger partial charge in [0, 0.05) is 25.9 Å². The van der Waals surface area contributed by atoms with Crippen LogP contribution in [0.25, 0.3) is 10.2 Å². The van der Waals surface area contributed by atoms with Crippen LogP contribution in [0.4, 0.5) is 14.9 Å². The molecule has 140 valence electrons. The van der Waals surface area contributed by atoms with Gasteiger partial charge in [-0.15, -0.1) is 0 Å². The summed E-state index contributed by atoms with van der Waals surface area (Å²) in [6.45, 7) is 1.08. The molecule has 5 nitrogen and oxygen atoms in total. The molecule has 0 bridgehead atoms. The van der Waals surface area contributed by atoms with Crippen LogP contribution in [0.3, 0.4) is 0 Å². The van der Waals surface area contributed by atoms with Gasteiger partial charge in [0.05, 0.1) is 15.4 Å². The van der Waals surface area contributed by atoms with E-state index in [4.69, 9.17) is 16.3 Å². The number of halogens is 2. The number of rotatable bonds is 3. The molecule has 8 heteroatoms. The van der Waals surface area contributed by atoms with Crippen LogP contribution in [0, 0.1) is 5.82 Å². The van der Waals surface area contributed by atoms with Gasteiger partial charge in [0.15, 0.2) is 0 Å². The van der Waals surface area contributed by atoms with E-state index in [-0.39, 0.29) is 17.8 Å². The molecular weight excluding hydrogens is 389 g/mol. The fraction of sp³-hybridized carbons (Fsp3) is 0.263. The van der Waals surface area contributed by atoms with Gasteiger partial charge in [-0.05, 0) is 24.3 Å². The van der Waals surface area contributed by atoms with Gasteiger partial charge in [-0.2, -0.15) is 0 Å². The topological polar surface area (TPSA) is 54.5 Å². The number of benzene rings is 2. The van der Waals surface area contributed by atoms with Crippen molar-refractivity contribution in [2.45, 2.75) is 18.9 Å². The molecule has 0 aliphatic carbocycles. The van der Waals surface area contributed by atoms with E-state index in [0.717, 1.165) is 10.2 Å². The minimum absolute atomic E-state index is 0.0122. The highest BCUT2D eigenvalue weighted by Gasteiger charge is 2.25. The van der Waals surface area contributed by atoms with Crippen molar-refractivity contribution in [2.75, 3.05) is 18.4 Å². The highest BCUT2D eigenvalue weighted by molar-refractivity contribution is 7.20. The van der Waals surface area contributed by atoms with Crippen molar-refractivity contribution in [3.05, 3.63) is 53.3 Å². The minimum Gasteiger partial charge on any atom is -0.467 e. The van der Waals surface area contributed by atoms with Crippen molar-refractivity contribution in [1.82, 2.24) is 9.88 Å². The zero-order valence-electron chi connectivity index (χ0n) is 14.3. The number of aromatic nitrogens is 1. The number of likely N-dealkylation sites (tertiary alicyclic amines) is 1. The lowest BCUT2D eigenvalue weighted by atomic mass is 10.1. The number of thiazole rings is 1. The number of fused-ring (bicyclic) bond motifs is 1. The van der Waals surface area contributed by atoms with Gasteiger partial charge in [-0.1, -0.05) is 41.1 Å². The van der Waals surface area contributed by atoms with Gasteiger partial charge in [0.25, 0.3) is 5.19 Å². The second-order valence-corrected chi connectivity index (χ2v) is 7.68. The Kier molecular flexibility index (Phi) is 5.13. The molecule has 1 saturated heterocycles. The predicted octanol–water partition coefficient (Wildman–Crippen LogP) is 5.16. The Bertz CT molecular complexity index is 972. The molecule has 4 rings (SSSR count). The number of hydrogen-bond acceptors (Lipinski definition) is 4. The highest BCUT2D eigenvalue weighted by atomic mass is 35.5. The van der Waals surface area contributed by atoms with Crippen molar-refractivity contribution in [3.63, 3.8) is 0 Å². The van der Waals surface area contributed by atoms with E-state index < -0.39 is 5.82 Å². The lowest BCUT2D eigenvalue weighted by Gasteiger charge is -2.31. The molecule has 3 aromatic rings. The molecule has 2 amide bonds. The average Bonchev–Trinajstić information content (AvgIpc) is 3.08. The maximum Gasteiger partial charge on any atom is 0.321 e. The zero-order chi connectivity index (χ0) is 18.8. The number of urea groups is 1. The van der Waals surface area contributed by atoms with Crippen molar-refractivity contribution in [3.8, 4) is 5.19 Å². The molecule has 0 spiro atoms. The predicted molar refractivity (Wildman–Crippen MR) is 105 cm³/mol. The maximum atomic E-state index is 13.7. The highest BCUT2D eigenvalue weighted by Crippen LogP contribution is 2.33. The van der Waals surface area contributed by atoms with E-state index in [1.165, 1.54) is 17.4 Å². The molecule has 1 fully saturated rings. The quantitative estimate of drug-likeness (QED) is 0.654. The van der Waals surface area contributed by atoms with Crippen molar-refractivity contribution in [1.29, 1.82) is 0 Å². The fourth-order valence-corrected chi connectivity index (χ4v) is 4.20. The summed E-state index contributed by atoms with van der Waals surface area (Å²) in [5, 5.41) is 3.81. The summed E-state index contributed by atoms with van der Waals surface area (Å²) in [6, 6.07) is 11.5. The third-order valence-corrected chi connectivity index (χ3v) is 5.68. The number of ether oxygens (including phenoxy) is 1. The Morgan fingerprint density at radius 2 is 2.00 bits per heavy atom. The van der Waals surface area contributed by atoms with Gasteiger partial charge < -0.3 is 15.0 Å². The first kappa shape index (κ1) is 18.0. The summed E-state index contributed by atoms with van der Waals surface area (Å²) >= 11 is 7.62. The molecule has 1 N–H and O–H groups in total. The van der Waals surface area contributed by atoms with Crippen LogP contribution in [0.15, 0.2) is 42.5 Å². The summed E-state index contributed by atoms with van der Waals surface area (Å²) in [6.07, 6.45) is 1.37. The van der Waals surface area contributed by atoms with Gasteiger partial charge in [0.2, 0.25) is 0 Å². The number of piperidine rings is 1. The Morgan fingerprint density at radius 1 is 1.22 bits per heavy atom. The van der Waals surface area contributed by atoms with Crippen LogP contribution < -0.4 is 10.1 Å². The van der Waals surface area contributed by atoms with E-state index in [2.05, 4.69) is 10.3 Å². The Labute approximate surface area is 164 Å². The van der Waals surface area contributed by atoms with Gasteiger partial charge in [0.1, 0.15) is 17.4 Å². The Hall–Kier alpha value is -2.38. The number of hydrogen-bond donors (Lipinski definition) is 1. The van der Waals surface area contributed by atoms with Gasteiger partial charge >= 0.3 is 6.03 Å². The lowest BCUT2D eigenvalue weighted by molar-refractivity contribution is 0.115. The van der Waals surface area contributed by atoms with Crippen molar-refractivity contribution < 1.29 is 13.9 Å². The molecule has 1 aromatic heterocycles. The van der Waals surface area contributed by atoms with Crippen molar-refractivity contribution >= 4 is 44.9 Å². The SMILES string of the molecule is O=C(Nc1ccccc1F)N1CCC(Oc2nc3c(Cl)cccc3s2)CC1. The number of carbonyl (C=O) groups is 1. The molecule has 2 aromatic carbocycles. The fourth-order valence-electron chi connectivity index (χ4n) is 3.02. The third-order valence-electron chi connectivity index (χ3n) is 4.46. The van der Waals surface area contributed by atoms with Crippen LogP contribution >= 0.6 is 22.9 Å². The summed E-state index contributed by atoms with van der Waals surface area (Å²) in [5.41, 5.74) is 0.938. The number of nitrogens with one attached hydrogen (secondary N) is 1. The summed E-state index contributed by atoms with van der Waals surface area (Å²) in [5.74, 6) is -0.446. The van der Waals surface area contributed by atoms with E-state index in [1.807, 2.05) is 12.1 Å². The molecule has 1 aliphatic heterocycles. The second kappa shape index (κ2) is 7.70. The first-order valence-corrected chi connectivity index (χ1v) is 9.82. The normalized spacial score (nSPS) is 15.1. The molecule has 0 saturated carbocycles. The molecule has 0 radical (unpaired) electrons. The summed E-state index contributed by atoms with van der Waals surface area (Å²) in [7, 11) is 0. The van der Waals surface area contributed by atoms with Gasteiger partial charge in [-0.3, -0.25) is 0 Å². The van der Waals surface area contributed by atoms with E-state index in [9.17, 15) is 9.18 Å². The number of carbonyl (C=O) groups excluding carboxylic acids is 1. The second-order valence-electron chi connectivity index (χ2n) is 6.28. The average molecular weight is 406 g/mol. The molecule has 0 atom stereocenters. The van der Waals surface area contributed by atoms with E-state index in [1.54, 1.807) is 29.2 Å². The monoisotopic (exact) mass is 405 g/mol. The third kappa shape index (κ3) is 3.99. The molecule has 27 heavy (non-hydrogen) atoms. The van der Waals surface area contributed by atoms with Crippen LogP contribution in [-0.2, 0) is 0 Å². The summed E-state index contributed by atoms with van der Waals surface area (Å²) in [4.78, 5) is 18.4. The minimum atomic E-state index is -0.446. The smallest absolute Gasteiger partial charge is 0.321 e. The van der Waals surface area contributed by atoms with E-state index in [0.29, 0.717) is 36.1 Å². The van der Waals surface area contributed by atoms with Crippen LogP contribution in [0.1, 0.15) is 12.8 Å². The first-order chi connectivity index (χ1) is 13.1. The van der Waals surface area contributed by atoms with Crippen LogP contribution in [0.5, 0.6) is 5.19 Å². The van der Waals surface area contributed by atoms with Crippen LogP contribution in [-0.4, -0.2) is 35.1 Å². The molecular formula is C19H17ClFN3O2S. The van der Waals surface area contributed by atoms with E-state index >= 15 is 0 Å². The number of nitrogens with zero attached hydrogens (tertiary/aromatic N) is 2. The first-order valence-electron chi connectivity index (χ1n) is 8.62. The van der Waals surface area contributed by atoms with Crippen molar-refractivity contribution in [2.24, 2.45) is 0 Å². The van der Waals surface area contributed by atoms with Crippen LogP contribution in [0.2, 0.25) is 5.02 Å². The lowest BCUT2D eigenvalue weighted by Crippen LogP contribution is -2.43. The summed E-state index contributed by atoms with van der Waals surface area (Å²) < 4.78 is 20.6. The standard InChI is InChI=1S/C19H17ClFN3O2S/c20-13-4-3-7-16-17(13)23-19(27-16)26-12-8-10-24(11-9-12)18(25)22-15-6-2-1-5-14(15)21/h1-7,12H,8-11H2,(H,22,25). The van der Waals surface area contributed by atoms with Gasteiger partial charge in [-0.25, -0.2) is 14.2 Å². The Morgan fingerprint density at radius 3 is 2.74 bits per heavy atom.